The van der Waals surface area contributed by atoms with Crippen LogP contribution in [0.4, 0.5) is 4.79 Å². The average Bonchev–Trinajstić information content (AvgIpc) is 2.48. The third kappa shape index (κ3) is 5.05. The Bertz CT molecular complexity index is 436. The normalized spacial score (nSPS) is 11.5. The van der Waals surface area contributed by atoms with Gasteiger partial charge in [-0.15, -0.1) is 0 Å². The van der Waals surface area contributed by atoms with E-state index < -0.39 is 0 Å². The van der Waals surface area contributed by atoms with Crippen molar-refractivity contribution in [2.24, 2.45) is 0 Å². The number of amides is 2. The lowest BCUT2D eigenvalue weighted by Crippen LogP contribution is -2.53. The van der Waals surface area contributed by atoms with E-state index in [9.17, 15) is 4.79 Å². The fraction of sp³-hybridized carbons (Fsp3) is 0.588. The second kappa shape index (κ2) is 8.03. The number of nitrogens with zero attached hydrogens (tertiary/aromatic N) is 1. The minimum Gasteiger partial charge on any atom is -0.336 e. The predicted molar refractivity (Wildman–Crippen MR) is 88.4 cm³/mol. The van der Waals surface area contributed by atoms with Crippen LogP contribution < -0.4 is 10.6 Å². The van der Waals surface area contributed by atoms with Gasteiger partial charge in [0.1, 0.15) is 0 Å². The molecule has 0 atom stereocenters. The van der Waals surface area contributed by atoms with E-state index in [1.807, 2.05) is 12.1 Å². The smallest absolute Gasteiger partial charge is 0.315 e. The Kier molecular flexibility index (Phi) is 6.69. The molecule has 4 nitrogen and oxygen atoms in total. The van der Waals surface area contributed by atoms with Crippen molar-refractivity contribution < 1.29 is 4.79 Å². The first kappa shape index (κ1) is 17.5. The molecule has 0 heterocycles. The van der Waals surface area contributed by atoms with Gasteiger partial charge in [0.25, 0.3) is 0 Å². The van der Waals surface area contributed by atoms with E-state index in [0.717, 1.165) is 18.4 Å². The quantitative estimate of drug-likeness (QED) is 0.811. The Labute approximate surface area is 128 Å². The van der Waals surface area contributed by atoms with Gasteiger partial charge in [-0.2, -0.15) is 0 Å². The van der Waals surface area contributed by atoms with Crippen LogP contribution in [0.1, 0.15) is 37.8 Å². The predicted octanol–water partition coefficient (Wildman–Crippen LogP) is 2.91. The molecule has 0 aliphatic carbocycles. The zero-order chi connectivity index (χ0) is 15.9. The second-order valence-corrected chi connectivity index (χ2v) is 5.85. The SMILES string of the molecule is CCC(CC)(CNC(=O)NCc1ccc(C)cc1)N(C)C. The number of aryl methyl sites for hydroxylation is 1. The molecule has 0 aliphatic heterocycles. The van der Waals surface area contributed by atoms with Gasteiger partial charge in [-0.05, 0) is 39.4 Å². The molecule has 2 amide bonds. The minimum atomic E-state index is -0.108. The zero-order valence-electron chi connectivity index (χ0n) is 14.0. The maximum atomic E-state index is 11.9. The standard InChI is InChI=1S/C17H29N3O/c1-6-17(7-2,20(4)5)13-19-16(21)18-12-15-10-8-14(3)9-11-15/h8-11H,6-7,12-13H2,1-5H3,(H2,18,19,21). The van der Waals surface area contributed by atoms with E-state index in [0.29, 0.717) is 13.1 Å². The molecule has 0 radical (unpaired) electrons. The first-order chi connectivity index (χ1) is 9.93. The molecule has 0 spiro atoms. The largest absolute Gasteiger partial charge is 0.336 e. The van der Waals surface area contributed by atoms with Crippen molar-refractivity contribution in [1.82, 2.24) is 15.5 Å². The van der Waals surface area contributed by atoms with Crippen LogP contribution in [0, 0.1) is 6.92 Å². The summed E-state index contributed by atoms with van der Waals surface area (Å²) in [4.78, 5) is 14.1. The van der Waals surface area contributed by atoms with Gasteiger partial charge < -0.3 is 15.5 Å². The van der Waals surface area contributed by atoms with Crippen molar-refractivity contribution in [2.75, 3.05) is 20.6 Å². The maximum absolute atomic E-state index is 11.9. The second-order valence-electron chi connectivity index (χ2n) is 5.85. The van der Waals surface area contributed by atoms with Crippen molar-refractivity contribution in [2.45, 2.75) is 45.7 Å². The Morgan fingerprint density at radius 1 is 1.10 bits per heavy atom. The van der Waals surface area contributed by atoms with Gasteiger partial charge >= 0.3 is 6.03 Å². The number of rotatable bonds is 7. The molecule has 2 N–H and O–H groups in total. The van der Waals surface area contributed by atoms with Crippen LogP contribution in [0.25, 0.3) is 0 Å². The molecule has 4 heteroatoms. The summed E-state index contributed by atoms with van der Waals surface area (Å²) < 4.78 is 0. The van der Waals surface area contributed by atoms with E-state index in [1.165, 1.54) is 5.56 Å². The third-order valence-corrected chi connectivity index (χ3v) is 4.42. The van der Waals surface area contributed by atoms with Crippen LogP contribution in [0.5, 0.6) is 0 Å². The minimum absolute atomic E-state index is 0.0290. The summed E-state index contributed by atoms with van der Waals surface area (Å²) in [6.07, 6.45) is 2.02. The number of nitrogens with one attached hydrogen (secondary N) is 2. The number of hydrogen-bond acceptors (Lipinski definition) is 2. The summed E-state index contributed by atoms with van der Waals surface area (Å²) in [5.41, 5.74) is 2.37. The van der Waals surface area contributed by atoms with E-state index in [2.05, 4.69) is 62.5 Å². The molecule has 0 aromatic heterocycles. The number of hydrogen-bond donors (Lipinski definition) is 2. The van der Waals surface area contributed by atoms with Gasteiger partial charge in [-0.25, -0.2) is 4.79 Å². The highest BCUT2D eigenvalue weighted by atomic mass is 16.2. The van der Waals surface area contributed by atoms with Gasteiger partial charge in [0.15, 0.2) is 0 Å². The van der Waals surface area contributed by atoms with Crippen LogP contribution in [-0.2, 0) is 6.54 Å². The Morgan fingerprint density at radius 3 is 2.14 bits per heavy atom. The number of carbonyl (C=O) groups is 1. The third-order valence-electron chi connectivity index (χ3n) is 4.42. The fourth-order valence-electron chi connectivity index (χ4n) is 2.49. The van der Waals surface area contributed by atoms with Crippen molar-refractivity contribution in [1.29, 1.82) is 0 Å². The fourth-order valence-corrected chi connectivity index (χ4v) is 2.49. The van der Waals surface area contributed by atoms with Crippen LogP contribution in [0.2, 0.25) is 0 Å². The van der Waals surface area contributed by atoms with Crippen molar-refractivity contribution in [3.63, 3.8) is 0 Å². The molecular formula is C17H29N3O. The van der Waals surface area contributed by atoms with E-state index in [-0.39, 0.29) is 11.6 Å². The van der Waals surface area contributed by atoms with Crippen LogP contribution >= 0.6 is 0 Å². The summed E-state index contributed by atoms with van der Waals surface area (Å²) in [5, 5.41) is 5.91. The maximum Gasteiger partial charge on any atom is 0.315 e. The number of urea groups is 1. The molecule has 0 aliphatic rings. The van der Waals surface area contributed by atoms with Gasteiger partial charge in [-0.1, -0.05) is 43.7 Å². The van der Waals surface area contributed by atoms with Crippen molar-refractivity contribution in [3.8, 4) is 0 Å². The molecule has 118 valence electrons. The van der Waals surface area contributed by atoms with E-state index in [4.69, 9.17) is 0 Å². The molecule has 0 bridgehead atoms. The van der Waals surface area contributed by atoms with Gasteiger partial charge in [0.05, 0.1) is 0 Å². The van der Waals surface area contributed by atoms with Gasteiger partial charge in [0.2, 0.25) is 0 Å². The highest BCUT2D eigenvalue weighted by Gasteiger charge is 2.28. The highest BCUT2D eigenvalue weighted by Crippen LogP contribution is 2.20. The molecule has 1 aromatic carbocycles. The lowest BCUT2D eigenvalue weighted by atomic mass is 9.91. The summed E-state index contributed by atoms with van der Waals surface area (Å²) >= 11 is 0. The summed E-state index contributed by atoms with van der Waals surface area (Å²) in [7, 11) is 4.14. The molecule has 0 fully saturated rings. The first-order valence-electron chi connectivity index (χ1n) is 7.68. The summed E-state index contributed by atoms with van der Waals surface area (Å²) in [6, 6.07) is 8.08. The van der Waals surface area contributed by atoms with Gasteiger partial charge in [-0.3, -0.25) is 0 Å². The Hall–Kier alpha value is -1.55. The topological polar surface area (TPSA) is 44.4 Å². The first-order valence-corrected chi connectivity index (χ1v) is 7.68. The van der Waals surface area contributed by atoms with Crippen molar-refractivity contribution >= 4 is 6.03 Å². The molecule has 21 heavy (non-hydrogen) atoms. The monoisotopic (exact) mass is 291 g/mol. The van der Waals surface area contributed by atoms with Gasteiger partial charge in [0, 0.05) is 18.6 Å². The van der Waals surface area contributed by atoms with Crippen molar-refractivity contribution in [3.05, 3.63) is 35.4 Å². The zero-order valence-corrected chi connectivity index (χ0v) is 14.0. The molecular weight excluding hydrogens is 262 g/mol. The molecule has 0 unspecified atom stereocenters. The highest BCUT2D eigenvalue weighted by molar-refractivity contribution is 5.73. The Balaban J connectivity index is 2.45. The average molecular weight is 291 g/mol. The van der Waals surface area contributed by atoms with Crippen LogP contribution in [-0.4, -0.2) is 37.1 Å². The van der Waals surface area contributed by atoms with E-state index in [1.54, 1.807) is 0 Å². The van der Waals surface area contributed by atoms with Crippen LogP contribution in [0.3, 0.4) is 0 Å². The number of benzene rings is 1. The lowest BCUT2D eigenvalue weighted by Gasteiger charge is -2.38. The lowest BCUT2D eigenvalue weighted by molar-refractivity contribution is 0.137. The molecule has 1 rings (SSSR count). The number of likely N-dealkylation sites (N-methyl/N-ethyl adjacent to an activating group) is 1. The molecule has 1 aromatic rings. The van der Waals surface area contributed by atoms with Crippen LogP contribution in [0.15, 0.2) is 24.3 Å². The Morgan fingerprint density at radius 2 is 1.67 bits per heavy atom. The summed E-state index contributed by atoms with van der Waals surface area (Å²) in [5.74, 6) is 0. The molecule has 0 saturated carbocycles. The molecule has 0 saturated heterocycles. The summed E-state index contributed by atoms with van der Waals surface area (Å²) in [6.45, 7) is 7.59. The van der Waals surface area contributed by atoms with E-state index >= 15 is 0 Å². The number of carbonyl (C=O) groups excluding carboxylic acids is 1.